The van der Waals surface area contributed by atoms with E-state index in [9.17, 15) is 0 Å². The molecule has 0 aliphatic carbocycles. The van der Waals surface area contributed by atoms with Gasteiger partial charge in [-0.05, 0) is 63.0 Å². The summed E-state index contributed by atoms with van der Waals surface area (Å²) in [7, 11) is 1.67. The Hall–Kier alpha value is -2.08. The minimum Gasteiger partial charge on any atom is -0.497 e. The predicted octanol–water partition coefficient (Wildman–Crippen LogP) is 2.68. The molecule has 2 aromatic rings. The van der Waals surface area contributed by atoms with E-state index in [2.05, 4.69) is 15.0 Å². The summed E-state index contributed by atoms with van der Waals surface area (Å²) in [5, 5.41) is 3.83. The Morgan fingerprint density at radius 2 is 1.87 bits per heavy atom. The maximum absolute atomic E-state index is 5.89. The van der Waals surface area contributed by atoms with Crippen LogP contribution in [-0.4, -0.2) is 41.8 Å². The molecule has 0 N–H and O–H groups in total. The van der Waals surface area contributed by atoms with Crippen LogP contribution < -0.4 is 9.47 Å². The zero-order valence-corrected chi connectivity index (χ0v) is 13.7. The first-order chi connectivity index (χ1) is 11.2. The first-order valence-electron chi connectivity index (χ1n) is 8.01. The van der Waals surface area contributed by atoms with E-state index in [1.165, 1.54) is 0 Å². The summed E-state index contributed by atoms with van der Waals surface area (Å²) < 4.78 is 16.2. The molecule has 2 heterocycles. The predicted molar refractivity (Wildman–Crippen MR) is 85.5 cm³/mol. The Kier molecular flexibility index (Phi) is 5.12. The van der Waals surface area contributed by atoms with Gasteiger partial charge < -0.3 is 14.0 Å². The van der Waals surface area contributed by atoms with Crippen LogP contribution in [0, 0.1) is 12.8 Å². The monoisotopic (exact) mass is 317 g/mol. The molecule has 0 amide bonds. The summed E-state index contributed by atoms with van der Waals surface area (Å²) in [6.45, 7) is 5.43. The lowest BCUT2D eigenvalue weighted by molar-refractivity contribution is 0.126. The molecule has 0 atom stereocenters. The van der Waals surface area contributed by atoms with Crippen molar-refractivity contribution >= 4 is 0 Å². The van der Waals surface area contributed by atoms with E-state index in [1.807, 2.05) is 31.2 Å². The summed E-state index contributed by atoms with van der Waals surface area (Å²) in [6, 6.07) is 7.74. The van der Waals surface area contributed by atoms with E-state index in [0.29, 0.717) is 17.6 Å². The summed E-state index contributed by atoms with van der Waals surface area (Å²) in [5.41, 5.74) is 0. The molecular weight excluding hydrogens is 294 g/mol. The van der Waals surface area contributed by atoms with Gasteiger partial charge in [-0.2, -0.15) is 4.98 Å². The number of ether oxygens (including phenoxy) is 2. The van der Waals surface area contributed by atoms with Crippen molar-refractivity contribution in [2.45, 2.75) is 26.3 Å². The standard InChI is InChI=1S/C17H23N3O3/c1-13-18-17(23-19-13)11-20-9-7-14(8-10-20)12-22-16-5-3-15(21-2)4-6-16/h3-6,14H,7-12H2,1-2H3. The minimum absolute atomic E-state index is 0.595. The Bertz CT molecular complexity index is 604. The lowest BCUT2D eigenvalue weighted by Gasteiger charge is -2.30. The molecule has 0 saturated carbocycles. The molecule has 124 valence electrons. The van der Waals surface area contributed by atoms with Crippen molar-refractivity contribution in [1.82, 2.24) is 15.0 Å². The smallest absolute Gasteiger partial charge is 0.240 e. The molecule has 3 rings (SSSR count). The maximum Gasteiger partial charge on any atom is 0.240 e. The SMILES string of the molecule is COc1ccc(OCC2CCN(Cc3nc(C)no3)CC2)cc1. The van der Waals surface area contributed by atoms with Gasteiger partial charge in [0, 0.05) is 0 Å². The van der Waals surface area contributed by atoms with Crippen LogP contribution in [-0.2, 0) is 6.54 Å². The molecule has 6 nitrogen and oxygen atoms in total. The molecule has 0 spiro atoms. The van der Waals surface area contributed by atoms with Gasteiger partial charge in [-0.3, -0.25) is 4.90 Å². The van der Waals surface area contributed by atoms with Crippen molar-refractivity contribution in [2.24, 2.45) is 5.92 Å². The second-order valence-corrected chi connectivity index (χ2v) is 5.94. The van der Waals surface area contributed by atoms with Crippen molar-refractivity contribution in [3.05, 3.63) is 36.0 Å². The lowest BCUT2D eigenvalue weighted by atomic mass is 9.98. The zero-order chi connectivity index (χ0) is 16.1. The van der Waals surface area contributed by atoms with Gasteiger partial charge in [0.05, 0.1) is 20.3 Å². The van der Waals surface area contributed by atoms with Gasteiger partial charge in [-0.15, -0.1) is 0 Å². The van der Waals surface area contributed by atoms with Crippen molar-refractivity contribution in [2.75, 3.05) is 26.8 Å². The van der Waals surface area contributed by atoms with Crippen molar-refractivity contribution in [3.63, 3.8) is 0 Å². The second-order valence-electron chi connectivity index (χ2n) is 5.94. The lowest BCUT2D eigenvalue weighted by Crippen LogP contribution is -2.35. The topological polar surface area (TPSA) is 60.6 Å². The van der Waals surface area contributed by atoms with Crippen molar-refractivity contribution < 1.29 is 14.0 Å². The molecule has 6 heteroatoms. The largest absolute Gasteiger partial charge is 0.497 e. The van der Waals surface area contributed by atoms with Gasteiger partial charge >= 0.3 is 0 Å². The van der Waals surface area contributed by atoms with Gasteiger partial charge in [0.2, 0.25) is 5.89 Å². The van der Waals surface area contributed by atoms with Crippen LogP contribution in [0.15, 0.2) is 28.8 Å². The normalized spacial score (nSPS) is 16.4. The maximum atomic E-state index is 5.89. The fourth-order valence-electron chi connectivity index (χ4n) is 2.79. The van der Waals surface area contributed by atoms with Crippen molar-refractivity contribution in [3.8, 4) is 11.5 Å². The van der Waals surface area contributed by atoms with Crippen LogP contribution in [0.5, 0.6) is 11.5 Å². The second kappa shape index (κ2) is 7.46. The molecule has 0 radical (unpaired) electrons. The summed E-state index contributed by atoms with van der Waals surface area (Å²) in [6.07, 6.45) is 2.26. The average molecular weight is 317 g/mol. The molecule has 1 saturated heterocycles. The van der Waals surface area contributed by atoms with E-state index in [-0.39, 0.29) is 0 Å². The fourth-order valence-corrected chi connectivity index (χ4v) is 2.79. The number of methoxy groups -OCH3 is 1. The van der Waals surface area contributed by atoms with Gasteiger partial charge in [-0.1, -0.05) is 5.16 Å². The Labute approximate surface area is 136 Å². The molecule has 1 fully saturated rings. The van der Waals surface area contributed by atoms with Gasteiger partial charge in [-0.25, -0.2) is 0 Å². The van der Waals surface area contributed by atoms with Gasteiger partial charge in [0.25, 0.3) is 0 Å². The van der Waals surface area contributed by atoms with Crippen LogP contribution in [0.4, 0.5) is 0 Å². The molecule has 1 aliphatic heterocycles. The highest BCUT2D eigenvalue weighted by molar-refractivity contribution is 5.31. The number of likely N-dealkylation sites (tertiary alicyclic amines) is 1. The summed E-state index contributed by atoms with van der Waals surface area (Å²) in [4.78, 5) is 6.62. The highest BCUT2D eigenvalue weighted by atomic mass is 16.5. The first kappa shape index (κ1) is 15.8. The van der Waals surface area contributed by atoms with E-state index in [0.717, 1.165) is 50.6 Å². The third-order valence-corrected chi connectivity index (χ3v) is 4.18. The van der Waals surface area contributed by atoms with Gasteiger partial charge in [0.15, 0.2) is 5.82 Å². The zero-order valence-electron chi connectivity index (χ0n) is 13.7. The Morgan fingerprint density at radius 1 is 1.17 bits per heavy atom. The van der Waals surface area contributed by atoms with Crippen LogP contribution in [0.25, 0.3) is 0 Å². The molecule has 1 aromatic carbocycles. The Balaban J connectivity index is 1.40. The van der Waals surface area contributed by atoms with Crippen LogP contribution in [0.1, 0.15) is 24.6 Å². The van der Waals surface area contributed by atoms with E-state index < -0.39 is 0 Å². The molecule has 1 aromatic heterocycles. The van der Waals surface area contributed by atoms with Crippen LogP contribution >= 0.6 is 0 Å². The third kappa shape index (κ3) is 4.45. The number of aromatic nitrogens is 2. The summed E-state index contributed by atoms with van der Waals surface area (Å²) in [5.74, 6) is 3.74. The number of aryl methyl sites for hydroxylation is 1. The minimum atomic E-state index is 0.595. The molecule has 0 bridgehead atoms. The van der Waals surface area contributed by atoms with Gasteiger partial charge in [0.1, 0.15) is 11.5 Å². The van der Waals surface area contributed by atoms with Crippen LogP contribution in [0.2, 0.25) is 0 Å². The number of benzene rings is 1. The number of hydrogen-bond acceptors (Lipinski definition) is 6. The number of hydrogen-bond donors (Lipinski definition) is 0. The molecule has 1 aliphatic rings. The van der Waals surface area contributed by atoms with E-state index in [4.69, 9.17) is 14.0 Å². The third-order valence-electron chi connectivity index (χ3n) is 4.18. The van der Waals surface area contributed by atoms with E-state index in [1.54, 1.807) is 7.11 Å². The number of piperidine rings is 1. The Morgan fingerprint density at radius 3 is 2.48 bits per heavy atom. The quantitative estimate of drug-likeness (QED) is 0.816. The fraction of sp³-hybridized carbons (Fsp3) is 0.529. The number of rotatable bonds is 6. The molecular formula is C17H23N3O3. The highest BCUT2D eigenvalue weighted by Gasteiger charge is 2.21. The first-order valence-corrected chi connectivity index (χ1v) is 8.01. The molecule has 0 unspecified atom stereocenters. The van der Waals surface area contributed by atoms with Crippen LogP contribution in [0.3, 0.4) is 0 Å². The molecule has 23 heavy (non-hydrogen) atoms. The van der Waals surface area contributed by atoms with E-state index >= 15 is 0 Å². The number of nitrogens with zero attached hydrogens (tertiary/aromatic N) is 3. The summed E-state index contributed by atoms with van der Waals surface area (Å²) >= 11 is 0. The average Bonchev–Trinajstić information content (AvgIpc) is 2.99. The highest BCUT2D eigenvalue weighted by Crippen LogP contribution is 2.22. The van der Waals surface area contributed by atoms with Crippen molar-refractivity contribution in [1.29, 1.82) is 0 Å².